The lowest BCUT2D eigenvalue weighted by molar-refractivity contribution is 0.302. The van der Waals surface area contributed by atoms with Crippen LogP contribution in [-0.2, 0) is 0 Å². The molecular weight excluding hydrogens is 278 g/mol. The summed E-state index contributed by atoms with van der Waals surface area (Å²) in [5.41, 5.74) is 0.897. The van der Waals surface area contributed by atoms with E-state index in [0.29, 0.717) is 23.6 Å². The lowest BCUT2D eigenvalue weighted by atomic mass is 10.1. The van der Waals surface area contributed by atoms with Crippen LogP contribution in [0.15, 0.2) is 23.4 Å². The predicted octanol–water partition coefficient (Wildman–Crippen LogP) is 5.11. The number of benzene rings is 1. The van der Waals surface area contributed by atoms with Crippen LogP contribution in [0, 0.1) is 0 Å². The van der Waals surface area contributed by atoms with Crippen molar-refractivity contribution in [1.82, 2.24) is 0 Å². The van der Waals surface area contributed by atoms with Gasteiger partial charge in [-0.15, -0.1) is 0 Å². The maximum atomic E-state index is 9.86. The smallest absolute Gasteiger partial charge is 0.128 e. The second kappa shape index (κ2) is 10.9. The molecule has 0 saturated heterocycles. The highest BCUT2D eigenvalue weighted by molar-refractivity contribution is 6.00. The summed E-state index contributed by atoms with van der Waals surface area (Å²) < 4.78 is 5.64. The Hall–Kier alpha value is -1.71. The first-order valence-electron chi connectivity index (χ1n) is 8.34. The molecule has 0 amide bonds. The zero-order valence-electron chi connectivity index (χ0n) is 13.8. The molecule has 2 N–H and O–H groups in total. The highest BCUT2D eigenvalue weighted by atomic mass is 16.5. The molecule has 0 unspecified atom stereocenters. The van der Waals surface area contributed by atoms with Crippen LogP contribution < -0.4 is 4.74 Å². The Balaban J connectivity index is 2.19. The van der Waals surface area contributed by atoms with Gasteiger partial charge in [-0.2, -0.15) is 0 Å². The molecular formula is C18H29NO3. The molecule has 4 heteroatoms. The van der Waals surface area contributed by atoms with Gasteiger partial charge in [0.05, 0.1) is 12.3 Å². The second-order valence-corrected chi connectivity index (χ2v) is 5.69. The predicted molar refractivity (Wildman–Crippen MR) is 90.2 cm³/mol. The fourth-order valence-corrected chi connectivity index (χ4v) is 2.39. The molecule has 0 bridgehead atoms. The van der Waals surface area contributed by atoms with Crippen LogP contribution in [0.25, 0.3) is 0 Å². The monoisotopic (exact) mass is 307 g/mol. The van der Waals surface area contributed by atoms with Crippen LogP contribution in [0.4, 0.5) is 0 Å². The summed E-state index contributed by atoms with van der Waals surface area (Å²) in [6.45, 7) is 4.54. The molecule has 1 aromatic rings. The van der Waals surface area contributed by atoms with Crippen molar-refractivity contribution < 1.29 is 15.1 Å². The Bertz CT molecular complexity index is 458. The van der Waals surface area contributed by atoms with Gasteiger partial charge >= 0.3 is 0 Å². The van der Waals surface area contributed by atoms with E-state index in [0.717, 1.165) is 6.42 Å². The van der Waals surface area contributed by atoms with E-state index in [1.54, 1.807) is 25.1 Å². The third-order valence-corrected chi connectivity index (χ3v) is 3.78. The van der Waals surface area contributed by atoms with Crippen LogP contribution in [-0.4, -0.2) is 22.6 Å². The third kappa shape index (κ3) is 6.83. The summed E-state index contributed by atoms with van der Waals surface area (Å²) in [4.78, 5) is 0. The number of rotatable bonds is 11. The SMILES string of the molecule is CCCCCCCCCCOc1ccc(C(C)=NO)c(O)c1. The summed E-state index contributed by atoms with van der Waals surface area (Å²) >= 11 is 0. The van der Waals surface area contributed by atoms with Crippen molar-refractivity contribution in [2.45, 2.75) is 65.2 Å². The van der Waals surface area contributed by atoms with Gasteiger partial charge in [0.25, 0.3) is 0 Å². The van der Waals surface area contributed by atoms with Crippen LogP contribution in [0.5, 0.6) is 11.5 Å². The molecule has 0 aliphatic rings. The Morgan fingerprint density at radius 3 is 2.27 bits per heavy atom. The van der Waals surface area contributed by atoms with Gasteiger partial charge in [0.15, 0.2) is 0 Å². The van der Waals surface area contributed by atoms with Crippen molar-refractivity contribution in [3.8, 4) is 11.5 Å². The van der Waals surface area contributed by atoms with Gasteiger partial charge in [-0.3, -0.25) is 0 Å². The normalized spacial score (nSPS) is 11.6. The Labute approximate surface area is 133 Å². The number of phenols is 1. The average molecular weight is 307 g/mol. The van der Waals surface area contributed by atoms with Crippen molar-refractivity contribution >= 4 is 5.71 Å². The van der Waals surface area contributed by atoms with Gasteiger partial charge in [0, 0.05) is 11.6 Å². The topological polar surface area (TPSA) is 62.0 Å². The molecule has 124 valence electrons. The zero-order chi connectivity index (χ0) is 16.2. The quantitative estimate of drug-likeness (QED) is 0.258. The second-order valence-electron chi connectivity index (χ2n) is 5.69. The lowest BCUT2D eigenvalue weighted by Gasteiger charge is -2.09. The van der Waals surface area contributed by atoms with Gasteiger partial charge in [-0.05, 0) is 25.5 Å². The largest absolute Gasteiger partial charge is 0.507 e. The van der Waals surface area contributed by atoms with Crippen LogP contribution in [0.3, 0.4) is 0 Å². The fourth-order valence-electron chi connectivity index (χ4n) is 2.39. The summed E-state index contributed by atoms with van der Waals surface area (Å²) in [5.74, 6) is 0.721. The maximum absolute atomic E-state index is 9.86. The molecule has 4 nitrogen and oxygen atoms in total. The molecule has 0 radical (unpaired) electrons. The number of oxime groups is 1. The van der Waals surface area contributed by atoms with Crippen LogP contribution in [0.1, 0.15) is 70.8 Å². The Morgan fingerprint density at radius 1 is 1.05 bits per heavy atom. The standard InChI is InChI=1S/C18H29NO3/c1-3-4-5-6-7-8-9-10-13-22-16-11-12-17(15(2)19-21)18(20)14-16/h11-12,14,20-21H,3-10,13H2,1-2H3. The maximum Gasteiger partial charge on any atom is 0.128 e. The van der Waals surface area contributed by atoms with E-state index in [-0.39, 0.29) is 5.75 Å². The first-order chi connectivity index (χ1) is 10.7. The van der Waals surface area contributed by atoms with E-state index in [1.165, 1.54) is 44.9 Å². The van der Waals surface area contributed by atoms with E-state index < -0.39 is 0 Å². The summed E-state index contributed by atoms with van der Waals surface area (Å²) in [6, 6.07) is 5.05. The molecule has 0 aliphatic heterocycles. The summed E-state index contributed by atoms with van der Waals surface area (Å²) in [7, 11) is 0. The minimum atomic E-state index is 0.0729. The zero-order valence-corrected chi connectivity index (χ0v) is 13.8. The number of hydrogen-bond acceptors (Lipinski definition) is 4. The number of ether oxygens (including phenoxy) is 1. The number of hydrogen-bond donors (Lipinski definition) is 2. The van der Waals surface area contributed by atoms with Crippen molar-refractivity contribution in [1.29, 1.82) is 0 Å². The van der Waals surface area contributed by atoms with E-state index in [1.807, 2.05) is 0 Å². The minimum absolute atomic E-state index is 0.0729. The highest BCUT2D eigenvalue weighted by Gasteiger charge is 2.06. The number of unbranched alkanes of at least 4 members (excludes halogenated alkanes) is 7. The first kappa shape index (κ1) is 18.3. The van der Waals surface area contributed by atoms with Crippen molar-refractivity contribution in [3.05, 3.63) is 23.8 Å². The Morgan fingerprint density at radius 2 is 1.68 bits per heavy atom. The third-order valence-electron chi connectivity index (χ3n) is 3.78. The molecule has 0 fully saturated rings. The number of nitrogens with zero attached hydrogens (tertiary/aromatic N) is 1. The Kier molecular flexibility index (Phi) is 9.12. The van der Waals surface area contributed by atoms with Gasteiger partial charge < -0.3 is 15.1 Å². The van der Waals surface area contributed by atoms with Gasteiger partial charge in [-0.25, -0.2) is 0 Å². The average Bonchev–Trinajstić information content (AvgIpc) is 2.52. The van der Waals surface area contributed by atoms with Crippen molar-refractivity contribution in [2.75, 3.05) is 6.61 Å². The molecule has 0 heterocycles. The lowest BCUT2D eigenvalue weighted by Crippen LogP contribution is -1.99. The first-order valence-corrected chi connectivity index (χ1v) is 8.34. The van der Waals surface area contributed by atoms with E-state index in [4.69, 9.17) is 9.94 Å². The highest BCUT2D eigenvalue weighted by Crippen LogP contribution is 2.24. The minimum Gasteiger partial charge on any atom is -0.507 e. The van der Waals surface area contributed by atoms with Crippen LogP contribution in [0.2, 0.25) is 0 Å². The fraction of sp³-hybridized carbons (Fsp3) is 0.611. The molecule has 0 aromatic heterocycles. The summed E-state index contributed by atoms with van der Waals surface area (Å²) in [6.07, 6.45) is 10.1. The van der Waals surface area contributed by atoms with Gasteiger partial charge in [-0.1, -0.05) is 57.0 Å². The van der Waals surface area contributed by atoms with Gasteiger partial charge in [0.2, 0.25) is 0 Å². The van der Waals surface area contributed by atoms with Gasteiger partial charge in [0.1, 0.15) is 11.5 Å². The van der Waals surface area contributed by atoms with E-state index in [9.17, 15) is 5.11 Å². The molecule has 1 aromatic carbocycles. The van der Waals surface area contributed by atoms with Crippen LogP contribution >= 0.6 is 0 Å². The van der Waals surface area contributed by atoms with E-state index >= 15 is 0 Å². The summed E-state index contributed by atoms with van der Waals surface area (Å²) in [5, 5.41) is 21.7. The van der Waals surface area contributed by atoms with Crippen molar-refractivity contribution in [3.63, 3.8) is 0 Å². The molecule has 1 rings (SSSR count). The molecule has 22 heavy (non-hydrogen) atoms. The number of aromatic hydroxyl groups is 1. The molecule has 0 atom stereocenters. The van der Waals surface area contributed by atoms with Crippen molar-refractivity contribution in [2.24, 2.45) is 5.16 Å². The van der Waals surface area contributed by atoms with E-state index in [2.05, 4.69) is 12.1 Å². The molecule has 0 saturated carbocycles. The number of phenolic OH excluding ortho intramolecular Hbond substituents is 1. The molecule has 0 aliphatic carbocycles. The molecule has 0 spiro atoms.